The van der Waals surface area contributed by atoms with Crippen molar-refractivity contribution < 1.29 is 9.13 Å². The van der Waals surface area contributed by atoms with Crippen LogP contribution in [0.15, 0.2) is 30.6 Å². The minimum atomic E-state index is -0.413. The number of ether oxygens (including phenoxy) is 1. The summed E-state index contributed by atoms with van der Waals surface area (Å²) in [4.78, 5) is 8.15. The molecule has 1 heterocycles. The summed E-state index contributed by atoms with van der Waals surface area (Å²) in [5.74, 6) is 0.818. The topological polar surface area (TPSA) is 47.0 Å². The lowest BCUT2D eigenvalue weighted by molar-refractivity contribution is 0.422. The van der Waals surface area contributed by atoms with E-state index < -0.39 is 5.82 Å². The molecular formula is C13H14FN3O. The van der Waals surface area contributed by atoms with Gasteiger partial charge in [0.25, 0.3) is 0 Å². The summed E-state index contributed by atoms with van der Waals surface area (Å²) >= 11 is 0. The molecule has 1 aromatic heterocycles. The highest BCUT2D eigenvalue weighted by Gasteiger charge is 2.12. The molecule has 1 aromatic carbocycles. The Bertz CT molecular complexity index is 546. The van der Waals surface area contributed by atoms with Crippen molar-refractivity contribution in [2.24, 2.45) is 0 Å². The molecule has 5 heteroatoms. The lowest BCUT2D eigenvalue weighted by Crippen LogP contribution is -2.02. The summed E-state index contributed by atoms with van der Waals surface area (Å²) in [7, 11) is 1.77. The first kappa shape index (κ1) is 12.3. The molecule has 0 amide bonds. The third-order valence-corrected chi connectivity index (χ3v) is 2.54. The van der Waals surface area contributed by atoms with E-state index in [2.05, 4.69) is 15.3 Å². The van der Waals surface area contributed by atoms with Crippen LogP contribution in [0.25, 0.3) is 0 Å². The van der Waals surface area contributed by atoms with E-state index in [1.165, 1.54) is 12.4 Å². The van der Waals surface area contributed by atoms with Crippen molar-refractivity contribution in [1.82, 2.24) is 9.97 Å². The van der Waals surface area contributed by atoms with Crippen LogP contribution >= 0.6 is 0 Å². The maximum atomic E-state index is 13.5. The lowest BCUT2D eigenvalue weighted by atomic mass is 10.2. The van der Waals surface area contributed by atoms with Crippen molar-refractivity contribution in [2.75, 3.05) is 12.4 Å². The van der Waals surface area contributed by atoms with Gasteiger partial charge in [-0.25, -0.2) is 14.4 Å². The van der Waals surface area contributed by atoms with Crippen LogP contribution in [0.3, 0.4) is 0 Å². The number of benzene rings is 1. The van der Waals surface area contributed by atoms with Gasteiger partial charge in [0, 0.05) is 7.05 Å². The Labute approximate surface area is 105 Å². The first-order chi connectivity index (χ1) is 8.76. The molecule has 0 radical (unpaired) electrons. The number of nitrogens with one attached hydrogen (secondary N) is 1. The molecule has 0 aliphatic rings. The smallest absolute Gasteiger partial charge is 0.227 e. The molecular weight excluding hydrogens is 233 g/mol. The Morgan fingerprint density at radius 3 is 2.72 bits per heavy atom. The van der Waals surface area contributed by atoms with E-state index in [1.54, 1.807) is 25.2 Å². The molecule has 4 nitrogen and oxygen atoms in total. The highest BCUT2D eigenvalue weighted by molar-refractivity contribution is 5.49. The van der Waals surface area contributed by atoms with Crippen LogP contribution in [0.5, 0.6) is 11.6 Å². The van der Waals surface area contributed by atoms with Crippen LogP contribution < -0.4 is 10.1 Å². The molecule has 0 saturated carbocycles. The minimum Gasteiger partial charge on any atom is -0.435 e. The van der Waals surface area contributed by atoms with Crippen LogP contribution in [-0.2, 0) is 6.42 Å². The van der Waals surface area contributed by atoms with E-state index >= 15 is 0 Å². The van der Waals surface area contributed by atoms with Crippen molar-refractivity contribution in [1.29, 1.82) is 0 Å². The fourth-order valence-electron chi connectivity index (χ4n) is 1.65. The van der Waals surface area contributed by atoms with Crippen molar-refractivity contribution in [3.05, 3.63) is 42.0 Å². The van der Waals surface area contributed by atoms with Gasteiger partial charge < -0.3 is 10.1 Å². The number of aromatic nitrogens is 2. The molecule has 0 aliphatic carbocycles. The summed E-state index contributed by atoms with van der Waals surface area (Å²) in [6.45, 7) is 1.97. The molecule has 1 N–H and O–H groups in total. The fraction of sp³-hybridized carbons (Fsp3) is 0.231. The Kier molecular flexibility index (Phi) is 3.72. The van der Waals surface area contributed by atoms with E-state index in [4.69, 9.17) is 4.74 Å². The quantitative estimate of drug-likeness (QED) is 0.902. The van der Waals surface area contributed by atoms with Crippen molar-refractivity contribution in [2.45, 2.75) is 13.3 Å². The lowest BCUT2D eigenvalue weighted by Gasteiger charge is -2.12. The second-order valence-corrected chi connectivity index (χ2v) is 3.64. The molecule has 2 aromatic rings. The zero-order valence-electron chi connectivity index (χ0n) is 10.3. The first-order valence-electron chi connectivity index (χ1n) is 5.70. The average Bonchev–Trinajstić information content (AvgIpc) is 2.41. The van der Waals surface area contributed by atoms with Crippen molar-refractivity contribution in [3.63, 3.8) is 0 Å². The SMILES string of the molecule is CCc1c(NC)ncnc1Oc1ccccc1F. The monoisotopic (exact) mass is 247 g/mol. The van der Waals surface area contributed by atoms with E-state index in [0.717, 1.165) is 5.56 Å². The normalized spacial score (nSPS) is 10.2. The van der Waals surface area contributed by atoms with Crippen molar-refractivity contribution in [3.8, 4) is 11.6 Å². The van der Waals surface area contributed by atoms with Gasteiger partial charge in [0.05, 0.1) is 5.56 Å². The van der Waals surface area contributed by atoms with E-state index in [-0.39, 0.29) is 5.75 Å². The molecule has 0 unspecified atom stereocenters. The molecule has 94 valence electrons. The summed E-state index contributed by atoms with van der Waals surface area (Å²) in [5, 5.41) is 2.96. The summed E-state index contributed by atoms with van der Waals surface area (Å²) in [6, 6.07) is 6.24. The number of hydrogen-bond donors (Lipinski definition) is 1. The number of halogens is 1. The Hall–Kier alpha value is -2.17. The zero-order valence-corrected chi connectivity index (χ0v) is 10.3. The summed E-state index contributed by atoms with van der Waals surface area (Å²) < 4.78 is 19.0. The van der Waals surface area contributed by atoms with Gasteiger partial charge in [0.1, 0.15) is 12.1 Å². The average molecular weight is 247 g/mol. The highest BCUT2D eigenvalue weighted by atomic mass is 19.1. The zero-order chi connectivity index (χ0) is 13.0. The van der Waals surface area contributed by atoms with Crippen LogP contribution in [-0.4, -0.2) is 17.0 Å². The van der Waals surface area contributed by atoms with Gasteiger partial charge in [0.2, 0.25) is 5.88 Å². The van der Waals surface area contributed by atoms with Crippen LogP contribution in [0.2, 0.25) is 0 Å². The summed E-state index contributed by atoms with van der Waals surface area (Å²) in [5.41, 5.74) is 0.822. The van der Waals surface area contributed by atoms with E-state index in [9.17, 15) is 4.39 Å². The second kappa shape index (κ2) is 5.44. The minimum absolute atomic E-state index is 0.160. The van der Waals surface area contributed by atoms with Crippen LogP contribution in [0, 0.1) is 5.82 Å². The molecule has 0 aliphatic heterocycles. The van der Waals surface area contributed by atoms with Crippen LogP contribution in [0.1, 0.15) is 12.5 Å². The third kappa shape index (κ3) is 2.40. The highest BCUT2D eigenvalue weighted by Crippen LogP contribution is 2.28. The number of hydrogen-bond acceptors (Lipinski definition) is 4. The predicted molar refractivity (Wildman–Crippen MR) is 67.4 cm³/mol. The Balaban J connectivity index is 2.37. The molecule has 0 spiro atoms. The molecule has 0 bridgehead atoms. The Morgan fingerprint density at radius 2 is 2.06 bits per heavy atom. The maximum absolute atomic E-state index is 13.5. The van der Waals surface area contributed by atoms with E-state index in [0.29, 0.717) is 18.1 Å². The first-order valence-corrected chi connectivity index (χ1v) is 5.70. The van der Waals surface area contributed by atoms with Crippen LogP contribution in [0.4, 0.5) is 10.2 Å². The number of para-hydroxylation sites is 1. The van der Waals surface area contributed by atoms with Gasteiger partial charge in [-0.3, -0.25) is 0 Å². The second-order valence-electron chi connectivity index (χ2n) is 3.64. The standard InChI is InChI=1S/C13H14FN3O/c1-3-9-12(15-2)16-8-17-13(9)18-11-7-5-4-6-10(11)14/h4-8H,3H2,1-2H3,(H,15,16,17). The number of nitrogens with zero attached hydrogens (tertiary/aromatic N) is 2. The third-order valence-electron chi connectivity index (χ3n) is 2.54. The number of rotatable bonds is 4. The number of anilines is 1. The molecule has 18 heavy (non-hydrogen) atoms. The van der Waals surface area contributed by atoms with Gasteiger partial charge in [-0.05, 0) is 18.6 Å². The predicted octanol–water partition coefficient (Wildman–Crippen LogP) is 3.01. The van der Waals surface area contributed by atoms with Gasteiger partial charge in [-0.15, -0.1) is 0 Å². The van der Waals surface area contributed by atoms with Gasteiger partial charge in [-0.1, -0.05) is 19.1 Å². The van der Waals surface area contributed by atoms with Gasteiger partial charge in [0.15, 0.2) is 11.6 Å². The largest absolute Gasteiger partial charge is 0.435 e. The summed E-state index contributed by atoms with van der Waals surface area (Å²) in [6.07, 6.45) is 2.09. The van der Waals surface area contributed by atoms with Gasteiger partial charge >= 0.3 is 0 Å². The molecule has 0 fully saturated rings. The van der Waals surface area contributed by atoms with E-state index in [1.807, 2.05) is 6.92 Å². The van der Waals surface area contributed by atoms with Crippen molar-refractivity contribution >= 4 is 5.82 Å². The molecule has 0 saturated heterocycles. The molecule has 2 rings (SSSR count). The van der Waals surface area contributed by atoms with Gasteiger partial charge in [-0.2, -0.15) is 0 Å². The Morgan fingerprint density at radius 1 is 1.28 bits per heavy atom. The molecule has 0 atom stereocenters. The maximum Gasteiger partial charge on any atom is 0.227 e. The fourth-order valence-corrected chi connectivity index (χ4v) is 1.65.